The zero-order valence-corrected chi connectivity index (χ0v) is 11.0. The Kier molecular flexibility index (Phi) is 3.06. The molecule has 19 heavy (non-hydrogen) atoms. The van der Waals surface area contributed by atoms with Gasteiger partial charge in [-0.25, -0.2) is 4.98 Å². The molecule has 0 radical (unpaired) electrons. The highest BCUT2D eigenvalue weighted by Crippen LogP contribution is 2.28. The Hall–Kier alpha value is -2.11. The second-order valence-corrected chi connectivity index (χ2v) is 5.02. The lowest BCUT2D eigenvalue weighted by atomic mass is 9.95. The monoisotopic (exact) mass is 258 g/mol. The fraction of sp³-hybridized carbons (Fsp3) is 0.462. The summed E-state index contributed by atoms with van der Waals surface area (Å²) in [5.74, 6) is 1.75. The van der Waals surface area contributed by atoms with Gasteiger partial charge < -0.3 is 10.6 Å². The first-order valence-corrected chi connectivity index (χ1v) is 6.58. The van der Waals surface area contributed by atoms with Crippen molar-refractivity contribution in [1.29, 1.82) is 0 Å². The molecule has 0 saturated carbocycles. The number of rotatable bonds is 2. The zero-order chi connectivity index (χ0) is 13.2. The molecule has 1 fully saturated rings. The summed E-state index contributed by atoms with van der Waals surface area (Å²) in [7, 11) is 0. The van der Waals surface area contributed by atoms with Gasteiger partial charge in [0.25, 0.3) is 0 Å². The SMILES string of the molecule is Cc1cc(N2CCCC(c3ccn[nH]3)C2)nc(N)n1. The number of aromatic nitrogens is 4. The van der Waals surface area contributed by atoms with Crippen molar-refractivity contribution in [2.45, 2.75) is 25.7 Å². The number of H-pyrrole nitrogens is 1. The Morgan fingerprint density at radius 2 is 2.32 bits per heavy atom. The number of anilines is 2. The van der Waals surface area contributed by atoms with Crippen LogP contribution in [0.15, 0.2) is 18.3 Å². The number of nitrogens with one attached hydrogen (secondary N) is 1. The van der Waals surface area contributed by atoms with Crippen molar-refractivity contribution in [2.75, 3.05) is 23.7 Å². The molecule has 1 aliphatic rings. The van der Waals surface area contributed by atoms with Gasteiger partial charge in [0.05, 0.1) is 0 Å². The van der Waals surface area contributed by atoms with Crippen LogP contribution in [0, 0.1) is 6.92 Å². The van der Waals surface area contributed by atoms with Gasteiger partial charge in [-0.3, -0.25) is 5.10 Å². The summed E-state index contributed by atoms with van der Waals surface area (Å²) >= 11 is 0. The lowest BCUT2D eigenvalue weighted by Crippen LogP contribution is -2.35. The van der Waals surface area contributed by atoms with Crippen LogP contribution in [0.4, 0.5) is 11.8 Å². The van der Waals surface area contributed by atoms with Gasteiger partial charge in [-0.05, 0) is 25.8 Å². The number of nitrogens with two attached hydrogens (primary N) is 1. The van der Waals surface area contributed by atoms with Crippen molar-refractivity contribution in [3.05, 3.63) is 29.7 Å². The van der Waals surface area contributed by atoms with Gasteiger partial charge >= 0.3 is 0 Å². The van der Waals surface area contributed by atoms with Gasteiger partial charge in [-0.2, -0.15) is 10.1 Å². The Balaban J connectivity index is 1.81. The van der Waals surface area contributed by atoms with Crippen molar-refractivity contribution in [2.24, 2.45) is 0 Å². The zero-order valence-electron chi connectivity index (χ0n) is 11.0. The lowest BCUT2D eigenvalue weighted by Gasteiger charge is -2.33. The average Bonchev–Trinajstić information content (AvgIpc) is 2.92. The van der Waals surface area contributed by atoms with E-state index < -0.39 is 0 Å². The third kappa shape index (κ3) is 2.52. The molecular formula is C13H18N6. The number of piperidine rings is 1. The molecule has 0 aromatic carbocycles. The maximum absolute atomic E-state index is 5.73. The highest BCUT2D eigenvalue weighted by molar-refractivity contribution is 5.44. The van der Waals surface area contributed by atoms with Crippen LogP contribution in [-0.4, -0.2) is 33.3 Å². The molecule has 2 aromatic rings. The van der Waals surface area contributed by atoms with E-state index in [0.717, 1.165) is 31.0 Å². The van der Waals surface area contributed by atoms with E-state index in [9.17, 15) is 0 Å². The molecular weight excluding hydrogens is 240 g/mol. The molecule has 0 bridgehead atoms. The van der Waals surface area contributed by atoms with Gasteiger partial charge in [0.2, 0.25) is 5.95 Å². The van der Waals surface area contributed by atoms with E-state index in [0.29, 0.717) is 11.9 Å². The van der Waals surface area contributed by atoms with E-state index >= 15 is 0 Å². The Bertz CT molecular complexity index is 530. The molecule has 0 spiro atoms. The fourth-order valence-electron chi connectivity index (χ4n) is 2.67. The minimum atomic E-state index is 0.346. The number of hydrogen-bond acceptors (Lipinski definition) is 5. The highest BCUT2D eigenvalue weighted by atomic mass is 15.2. The van der Waals surface area contributed by atoms with Crippen molar-refractivity contribution < 1.29 is 0 Å². The maximum atomic E-state index is 5.73. The first-order valence-electron chi connectivity index (χ1n) is 6.58. The van der Waals surface area contributed by atoms with Crippen molar-refractivity contribution in [1.82, 2.24) is 20.2 Å². The fourth-order valence-corrected chi connectivity index (χ4v) is 2.67. The lowest BCUT2D eigenvalue weighted by molar-refractivity contribution is 0.498. The summed E-state index contributed by atoms with van der Waals surface area (Å²) in [6, 6.07) is 4.04. The third-order valence-electron chi connectivity index (χ3n) is 3.57. The molecule has 1 atom stereocenters. The van der Waals surface area contributed by atoms with E-state index in [1.165, 1.54) is 12.1 Å². The van der Waals surface area contributed by atoms with Crippen LogP contribution < -0.4 is 10.6 Å². The number of nitrogen functional groups attached to an aromatic ring is 1. The first-order chi connectivity index (χ1) is 9.22. The number of aromatic amines is 1. The molecule has 1 unspecified atom stereocenters. The predicted octanol–water partition coefficient (Wildman–Crippen LogP) is 1.47. The van der Waals surface area contributed by atoms with E-state index in [1.54, 1.807) is 6.20 Å². The topological polar surface area (TPSA) is 83.7 Å². The third-order valence-corrected chi connectivity index (χ3v) is 3.57. The minimum Gasteiger partial charge on any atom is -0.368 e. The van der Waals surface area contributed by atoms with Crippen LogP contribution in [0.5, 0.6) is 0 Å². The van der Waals surface area contributed by atoms with E-state index in [4.69, 9.17) is 5.73 Å². The van der Waals surface area contributed by atoms with Crippen LogP contribution in [0.2, 0.25) is 0 Å². The summed E-state index contributed by atoms with van der Waals surface area (Å²) in [5.41, 5.74) is 7.84. The smallest absolute Gasteiger partial charge is 0.222 e. The van der Waals surface area contributed by atoms with Gasteiger partial charge in [-0.15, -0.1) is 0 Å². The second-order valence-electron chi connectivity index (χ2n) is 5.02. The Morgan fingerprint density at radius 3 is 3.05 bits per heavy atom. The quantitative estimate of drug-likeness (QED) is 0.852. The van der Waals surface area contributed by atoms with Crippen molar-refractivity contribution in [3.63, 3.8) is 0 Å². The summed E-state index contributed by atoms with van der Waals surface area (Å²) < 4.78 is 0. The van der Waals surface area contributed by atoms with Crippen molar-refractivity contribution in [3.8, 4) is 0 Å². The molecule has 3 heterocycles. The minimum absolute atomic E-state index is 0.346. The number of hydrogen-bond donors (Lipinski definition) is 2. The summed E-state index contributed by atoms with van der Waals surface area (Å²) in [4.78, 5) is 10.7. The van der Waals surface area contributed by atoms with Crippen LogP contribution in [0.25, 0.3) is 0 Å². The van der Waals surface area contributed by atoms with Crippen LogP contribution >= 0.6 is 0 Å². The van der Waals surface area contributed by atoms with E-state index in [-0.39, 0.29) is 0 Å². The molecule has 3 rings (SSSR count). The Morgan fingerprint density at radius 1 is 1.42 bits per heavy atom. The molecule has 0 amide bonds. The van der Waals surface area contributed by atoms with Crippen LogP contribution in [0.1, 0.15) is 30.1 Å². The number of aryl methyl sites for hydroxylation is 1. The molecule has 6 nitrogen and oxygen atoms in total. The molecule has 100 valence electrons. The van der Waals surface area contributed by atoms with Gasteiger partial charge in [0, 0.05) is 42.7 Å². The van der Waals surface area contributed by atoms with Gasteiger partial charge in [-0.1, -0.05) is 0 Å². The van der Waals surface area contributed by atoms with Crippen molar-refractivity contribution >= 4 is 11.8 Å². The van der Waals surface area contributed by atoms with E-state index in [2.05, 4.69) is 25.1 Å². The molecule has 1 aliphatic heterocycles. The average molecular weight is 258 g/mol. The molecule has 0 aliphatic carbocycles. The summed E-state index contributed by atoms with van der Waals surface area (Å²) in [6.45, 7) is 3.90. The largest absolute Gasteiger partial charge is 0.368 e. The van der Waals surface area contributed by atoms with E-state index in [1.807, 2.05) is 19.1 Å². The standard InChI is InChI=1S/C13H18N6/c1-9-7-12(17-13(14)16-9)19-6-2-3-10(8-19)11-4-5-15-18-11/h4-5,7,10H,2-3,6,8H2,1H3,(H,15,18)(H2,14,16,17). The Labute approximate surface area is 112 Å². The molecule has 1 saturated heterocycles. The first kappa shape index (κ1) is 12.0. The molecule has 3 N–H and O–H groups in total. The number of nitrogens with zero attached hydrogens (tertiary/aromatic N) is 4. The highest BCUT2D eigenvalue weighted by Gasteiger charge is 2.23. The summed E-state index contributed by atoms with van der Waals surface area (Å²) in [5, 5.41) is 7.10. The van der Waals surface area contributed by atoms with Crippen LogP contribution in [-0.2, 0) is 0 Å². The van der Waals surface area contributed by atoms with Gasteiger partial charge in [0.1, 0.15) is 5.82 Å². The maximum Gasteiger partial charge on any atom is 0.222 e. The normalized spacial score (nSPS) is 19.6. The van der Waals surface area contributed by atoms with Crippen LogP contribution in [0.3, 0.4) is 0 Å². The van der Waals surface area contributed by atoms with Gasteiger partial charge in [0.15, 0.2) is 0 Å². The second kappa shape index (κ2) is 4.87. The predicted molar refractivity (Wildman–Crippen MR) is 74.0 cm³/mol. The summed E-state index contributed by atoms with van der Waals surface area (Å²) in [6.07, 6.45) is 4.13. The molecule has 6 heteroatoms. The molecule has 2 aromatic heterocycles.